The number of thioether (sulfide) groups is 1. The van der Waals surface area contributed by atoms with Crippen LogP contribution in [0.25, 0.3) is 11.5 Å². The average molecular weight is 376 g/mol. The quantitative estimate of drug-likeness (QED) is 0.653. The van der Waals surface area contributed by atoms with Crippen molar-refractivity contribution < 1.29 is 13.9 Å². The van der Waals surface area contributed by atoms with Crippen LogP contribution in [0.2, 0.25) is 5.02 Å². The van der Waals surface area contributed by atoms with E-state index in [0.717, 1.165) is 11.8 Å². The first kappa shape index (κ1) is 17.3. The van der Waals surface area contributed by atoms with Gasteiger partial charge < -0.3 is 14.5 Å². The largest absolute Gasteiger partial charge is 0.497 e. The maximum absolute atomic E-state index is 12.0. The highest BCUT2D eigenvalue weighted by atomic mass is 35.5. The van der Waals surface area contributed by atoms with Gasteiger partial charge in [-0.3, -0.25) is 4.79 Å². The van der Waals surface area contributed by atoms with Gasteiger partial charge in [0.1, 0.15) is 5.75 Å². The second kappa shape index (κ2) is 8.04. The van der Waals surface area contributed by atoms with Crippen molar-refractivity contribution in [1.29, 1.82) is 0 Å². The van der Waals surface area contributed by atoms with Gasteiger partial charge in [0.25, 0.3) is 5.22 Å². The van der Waals surface area contributed by atoms with E-state index >= 15 is 0 Å². The normalized spacial score (nSPS) is 10.5. The van der Waals surface area contributed by atoms with Gasteiger partial charge in [0.05, 0.1) is 23.4 Å². The van der Waals surface area contributed by atoms with E-state index in [4.69, 9.17) is 20.8 Å². The topological polar surface area (TPSA) is 77.2 Å². The molecule has 2 aromatic carbocycles. The minimum Gasteiger partial charge on any atom is -0.497 e. The zero-order chi connectivity index (χ0) is 17.6. The molecule has 0 aliphatic heterocycles. The molecule has 0 bridgehead atoms. The zero-order valence-electron chi connectivity index (χ0n) is 13.2. The van der Waals surface area contributed by atoms with E-state index in [0.29, 0.717) is 33.1 Å². The Morgan fingerprint density at radius 2 is 2.08 bits per heavy atom. The lowest BCUT2D eigenvalue weighted by atomic mass is 10.2. The third-order valence-electron chi connectivity index (χ3n) is 3.19. The number of carbonyl (C=O) groups excluding carboxylic acids is 1. The summed E-state index contributed by atoms with van der Waals surface area (Å²) < 4.78 is 10.7. The van der Waals surface area contributed by atoms with Crippen molar-refractivity contribution in [3.63, 3.8) is 0 Å². The van der Waals surface area contributed by atoms with Gasteiger partial charge in [0.2, 0.25) is 11.8 Å². The summed E-state index contributed by atoms with van der Waals surface area (Å²) in [5.74, 6) is 0.949. The maximum atomic E-state index is 12.0. The molecule has 0 fully saturated rings. The molecule has 1 amide bonds. The first-order valence-corrected chi connectivity index (χ1v) is 8.67. The number of rotatable bonds is 6. The molecule has 3 rings (SSSR count). The number of nitrogens with zero attached hydrogens (tertiary/aromatic N) is 2. The Morgan fingerprint density at radius 1 is 1.24 bits per heavy atom. The fraction of sp³-hybridized carbons (Fsp3) is 0.118. The minimum absolute atomic E-state index is 0.140. The summed E-state index contributed by atoms with van der Waals surface area (Å²) in [6.07, 6.45) is 0. The smallest absolute Gasteiger partial charge is 0.277 e. The van der Waals surface area contributed by atoms with Crippen LogP contribution in [-0.4, -0.2) is 29.0 Å². The molecular weight excluding hydrogens is 362 g/mol. The Morgan fingerprint density at radius 3 is 2.88 bits per heavy atom. The minimum atomic E-state index is -0.184. The molecule has 0 spiro atoms. The summed E-state index contributed by atoms with van der Waals surface area (Å²) in [4.78, 5) is 12.0. The number of methoxy groups -OCH3 is 1. The summed E-state index contributed by atoms with van der Waals surface area (Å²) in [7, 11) is 1.57. The Labute approximate surface area is 153 Å². The number of hydrogen-bond donors (Lipinski definition) is 1. The van der Waals surface area contributed by atoms with Crippen molar-refractivity contribution in [3.05, 3.63) is 53.6 Å². The van der Waals surface area contributed by atoms with Crippen molar-refractivity contribution in [2.75, 3.05) is 18.2 Å². The van der Waals surface area contributed by atoms with Crippen molar-refractivity contribution in [2.45, 2.75) is 5.22 Å². The molecule has 8 heteroatoms. The SMILES string of the molecule is COc1cccc(NC(=O)CSc2nnc(-c3ccccc3Cl)o2)c1. The molecule has 0 atom stereocenters. The molecule has 6 nitrogen and oxygen atoms in total. The molecule has 0 unspecified atom stereocenters. The Kier molecular flexibility index (Phi) is 5.57. The van der Waals surface area contributed by atoms with Crippen LogP contribution in [0, 0.1) is 0 Å². The Balaban J connectivity index is 1.58. The van der Waals surface area contributed by atoms with Crippen LogP contribution < -0.4 is 10.1 Å². The molecule has 1 aromatic heterocycles. The monoisotopic (exact) mass is 375 g/mol. The van der Waals surface area contributed by atoms with E-state index in [1.807, 2.05) is 12.1 Å². The van der Waals surface area contributed by atoms with Crippen LogP contribution in [0.3, 0.4) is 0 Å². The van der Waals surface area contributed by atoms with Crippen LogP contribution in [0.1, 0.15) is 0 Å². The molecule has 25 heavy (non-hydrogen) atoms. The molecule has 0 aliphatic carbocycles. The number of ether oxygens (including phenoxy) is 1. The van der Waals surface area contributed by atoms with Crippen molar-refractivity contribution in [3.8, 4) is 17.2 Å². The molecule has 0 aliphatic rings. The predicted molar refractivity (Wildman–Crippen MR) is 97.1 cm³/mol. The highest BCUT2D eigenvalue weighted by Gasteiger charge is 2.13. The molecule has 3 aromatic rings. The van der Waals surface area contributed by atoms with Crippen molar-refractivity contribution in [1.82, 2.24) is 10.2 Å². The molecule has 0 saturated carbocycles. The van der Waals surface area contributed by atoms with Gasteiger partial charge in [0.15, 0.2) is 0 Å². The van der Waals surface area contributed by atoms with Gasteiger partial charge in [-0.1, -0.05) is 41.6 Å². The van der Waals surface area contributed by atoms with Gasteiger partial charge in [-0.2, -0.15) is 0 Å². The third-order valence-corrected chi connectivity index (χ3v) is 4.34. The number of anilines is 1. The van der Waals surface area contributed by atoms with E-state index in [2.05, 4.69) is 15.5 Å². The van der Waals surface area contributed by atoms with Crippen molar-refractivity contribution >= 4 is 35.0 Å². The van der Waals surface area contributed by atoms with E-state index in [1.165, 1.54) is 0 Å². The molecule has 1 N–H and O–H groups in total. The Hall–Kier alpha value is -2.51. The number of nitrogens with one attached hydrogen (secondary N) is 1. The lowest BCUT2D eigenvalue weighted by Gasteiger charge is -2.05. The second-order valence-corrected chi connectivity index (χ2v) is 6.26. The molecule has 1 heterocycles. The third kappa shape index (κ3) is 4.52. The van der Waals surface area contributed by atoms with Gasteiger partial charge in [-0.25, -0.2) is 0 Å². The predicted octanol–water partition coefficient (Wildman–Crippen LogP) is 4.13. The first-order chi connectivity index (χ1) is 12.2. The standard InChI is InChI=1S/C17H14ClN3O3S/c1-23-12-6-4-5-11(9-12)19-15(22)10-25-17-21-20-16(24-17)13-7-2-3-8-14(13)18/h2-9H,10H2,1H3,(H,19,22). The summed E-state index contributed by atoms with van der Waals surface area (Å²) in [5.41, 5.74) is 1.32. The Bertz CT molecular complexity index is 885. The van der Waals surface area contributed by atoms with Gasteiger partial charge in [-0.15, -0.1) is 10.2 Å². The van der Waals surface area contributed by atoms with Crippen LogP contribution in [0.15, 0.2) is 58.2 Å². The van der Waals surface area contributed by atoms with Crippen molar-refractivity contribution in [2.24, 2.45) is 0 Å². The lowest BCUT2D eigenvalue weighted by Crippen LogP contribution is -2.13. The van der Waals surface area contributed by atoms with Crippen LogP contribution in [-0.2, 0) is 4.79 Å². The fourth-order valence-electron chi connectivity index (χ4n) is 2.04. The number of amides is 1. The zero-order valence-corrected chi connectivity index (χ0v) is 14.8. The number of hydrogen-bond acceptors (Lipinski definition) is 6. The van der Waals surface area contributed by atoms with Gasteiger partial charge >= 0.3 is 0 Å². The number of aromatic nitrogens is 2. The maximum Gasteiger partial charge on any atom is 0.277 e. The highest BCUT2D eigenvalue weighted by molar-refractivity contribution is 7.99. The number of benzene rings is 2. The van der Waals surface area contributed by atoms with E-state index < -0.39 is 0 Å². The molecule has 128 valence electrons. The molecular formula is C17H14ClN3O3S. The summed E-state index contributed by atoms with van der Waals surface area (Å²) in [5, 5.41) is 11.5. The van der Waals surface area contributed by atoms with E-state index in [1.54, 1.807) is 43.5 Å². The van der Waals surface area contributed by atoms with E-state index in [9.17, 15) is 4.79 Å². The fourth-order valence-corrected chi connectivity index (χ4v) is 2.82. The van der Waals surface area contributed by atoms with Gasteiger partial charge in [0, 0.05) is 11.8 Å². The van der Waals surface area contributed by atoms with Crippen LogP contribution in [0.5, 0.6) is 5.75 Å². The summed E-state index contributed by atoms with van der Waals surface area (Å²) in [6.45, 7) is 0. The number of carbonyl (C=O) groups is 1. The molecule has 0 radical (unpaired) electrons. The summed E-state index contributed by atoms with van der Waals surface area (Å²) >= 11 is 7.25. The summed E-state index contributed by atoms with van der Waals surface area (Å²) in [6, 6.07) is 14.3. The van der Waals surface area contributed by atoms with Crippen LogP contribution in [0.4, 0.5) is 5.69 Å². The second-order valence-electron chi connectivity index (χ2n) is 4.92. The highest BCUT2D eigenvalue weighted by Crippen LogP contribution is 2.28. The van der Waals surface area contributed by atoms with Crippen LogP contribution >= 0.6 is 23.4 Å². The lowest BCUT2D eigenvalue weighted by molar-refractivity contribution is -0.113. The molecule has 0 saturated heterocycles. The first-order valence-electron chi connectivity index (χ1n) is 7.31. The average Bonchev–Trinajstić information content (AvgIpc) is 3.09. The van der Waals surface area contributed by atoms with E-state index in [-0.39, 0.29) is 11.7 Å². The number of halogens is 1. The van der Waals surface area contributed by atoms with Gasteiger partial charge in [-0.05, 0) is 24.3 Å².